The predicted octanol–water partition coefficient (Wildman–Crippen LogP) is 4.62. The zero-order valence-corrected chi connectivity index (χ0v) is 19.6. The van der Waals surface area contributed by atoms with Gasteiger partial charge in [0.25, 0.3) is 11.8 Å². The molecule has 4 rings (SSSR count). The Kier molecular flexibility index (Phi) is 6.91. The van der Waals surface area contributed by atoms with E-state index < -0.39 is 0 Å². The van der Waals surface area contributed by atoms with E-state index >= 15 is 0 Å². The first-order chi connectivity index (χ1) is 16.3. The number of nitrogens with one attached hydrogen (secondary N) is 1. The van der Waals surface area contributed by atoms with Crippen LogP contribution in [0.15, 0.2) is 54.7 Å². The lowest BCUT2D eigenvalue weighted by atomic mass is 9.99. The van der Waals surface area contributed by atoms with Crippen LogP contribution in [0.5, 0.6) is 5.88 Å². The molecule has 0 unspecified atom stereocenters. The number of carbonyl (C=O) groups is 2. The molecule has 3 aromatic rings. The van der Waals surface area contributed by atoms with Gasteiger partial charge in [-0.15, -0.1) is 0 Å². The second-order valence-corrected chi connectivity index (χ2v) is 8.84. The van der Waals surface area contributed by atoms with E-state index in [2.05, 4.69) is 10.3 Å². The Balaban J connectivity index is 1.64. The van der Waals surface area contributed by atoms with Crippen LogP contribution in [0.2, 0.25) is 0 Å². The van der Waals surface area contributed by atoms with Crippen LogP contribution in [-0.2, 0) is 6.54 Å². The number of aromatic nitrogens is 1. The van der Waals surface area contributed by atoms with E-state index in [0.29, 0.717) is 40.3 Å². The number of carbonyl (C=O) groups excluding carboxylic acids is 2. The maximum Gasteiger partial charge on any atom is 0.257 e. The summed E-state index contributed by atoms with van der Waals surface area (Å²) in [6.45, 7) is 2.36. The molecule has 1 aliphatic rings. The number of hydrogen-bond acceptors (Lipinski definition) is 4. The Bertz CT molecular complexity index is 1220. The van der Waals surface area contributed by atoms with Gasteiger partial charge in [-0.05, 0) is 60.6 Å². The Labute approximate surface area is 198 Å². The van der Waals surface area contributed by atoms with E-state index in [9.17, 15) is 14.0 Å². The summed E-state index contributed by atoms with van der Waals surface area (Å²) >= 11 is 0. The van der Waals surface area contributed by atoms with Gasteiger partial charge in [0.15, 0.2) is 0 Å². The minimum atomic E-state index is -0.377. The SMILES string of the molecule is Cc1ccc(CNC(=O)c2cc(-c3ccccc3C(=O)N(C)C)cnc2OCC2CC2)cc1F. The minimum absolute atomic E-state index is 0.142. The molecule has 6 nitrogen and oxygen atoms in total. The van der Waals surface area contributed by atoms with Crippen LogP contribution in [0.4, 0.5) is 4.39 Å². The van der Waals surface area contributed by atoms with Gasteiger partial charge in [0.05, 0.1) is 6.61 Å². The zero-order chi connectivity index (χ0) is 24.2. The molecule has 1 aromatic heterocycles. The Morgan fingerprint density at radius 1 is 1.12 bits per heavy atom. The van der Waals surface area contributed by atoms with E-state index in [-0.39, 0.29) is 35.6 Å². The average molecular weight is 462 g/mol. The number of hydrogen-bond donors (Lipinski definition) is 1. The van der Waals surface area contributed by atoms with E-state index in [1.807, 2.05) is 12.1 Å². The number of benzene rings is 2. The van der Waals surface area contributed by atoms with Crippen LogP contribution < -0.4 is 10.1 Å². The van der Waals surface area contributed by atoms with Crippen LogP contribution in [0.25, 0.3) is 11.1 Å². The molecule has 2 aromatic carbocycles. The normalized spacial score (nSPS) is 12.8. The van der Waals surface area contributed by atoms with Gasteiger partial charge in [0, 0.05) is 38.0 Å². The maximum absolute atomic E-state index is 13.9. The van der Waals surface area contributed by atoms with Gasteiger partial charge in [-0.2, -0.15) is 0 Å². The van der Waals surface area contributed by atoms with Crippen LogP contribution in [0.3, 0.4) is 0 Å². The number of rotatable bonds is 8. The second kappa shape index (κ2) is 10.0. The fourth-order valence-corrected chi connectivity index (χ4v) is 3.54. The molecule has 1 aliphatic carbocycles. The molecule has 1 fully saturated rings. The summed E-state index contributed by atoms with van der Waals surface area (Å²) in [7, 11) is 3.39. The van der Waals surface area contributed by atoms with E-state index in [1.165, 1.54) is 11.0 Å². The first-order valence-corrected chi connectivity index (χ1v) is 11.3. The highest BCUT2D eigenvalue weighted by atomic mass is 19.1. The molecule has 7 heteroatoms. The quantitative estimate of drug-likeness (QED) is 0.532. The van der Waals surface area contributed by atoms with Gasteiger partial charge in [0.2, 0.25) is 5.88 Å². The van der Waals surface area contributed by atoms with Crippen LogP contribution in [0.1, 0.15) is 44.7 Å². The second-order valence-electron chi connectivity index (χ2n) is 8.84. The highest BCUT2D eigenvalue weighted by molar-refractivity contribution is 6.02. The Morgan fingerprint density at radius 3 is 2.59 bits per heavy atom. The van der Waals surface area contributed by atoms with Crippen molar-refractivity contribution in [3.63, 3.8) is 0 Å². The van der Waals surface area contributed by atoms with Gasteiger partial charge in [-0.25, -0.2) is 9.37 Å². The highest BCUT2D eigenvalue weighted by Gasteiger charge is 2.24. The van der Waals surface area contributed by atoms with E-state index in [4.69, 9.17) is 4.74 Å². The number of ether oxygens (including phenoxy) is 1. The fraction of sp³-hybridized carbons (Fsp3) is 0.296. The van der Waals surface area contributed by atoms with Crippen molar-refractivity contribution in [1.82, 2.24) is 15.2 Å². The molecule has 0 saturated heterocycles. The summed E-state index contributed by atoms with van der Waals surface area (Å²) in [5, 5.41) is 2.84. The highest BCUT2D eigenvalue weighted by Crippen LogP contribution is 2.32. The summed E-state index contributed by atoms with van der Waals surface area (Å²) in [4.78, 5) is 31.8. The third-order valence-electron chi connectivity index (χ3n) is 5.81. The molecule has 2 amide bonds. The molecule has 0 atom stereocenters. The third-order valence-corrected chi connectivity index (χ3v) is 5.81. The molecule has 1 heterocycles. The lowest BCUT2D eigenvalue weighted by Gasteiger charge is -2.16. The first-order valence-electron chi connectivity index (χ1n) is 11.3. The van der Waals surface area contributed by atoms with Crippen molar-refractivity contribution in [3.05, 3.63) is 82.8 Å². The van der Waals surface area contributed by atoms with Crippen molar-refractivity contribution in [2.24, 2.45) is 5.92 Å². The minimum Gasteiger partial charge on any atom is -0.477 e. The van der Waals surface area contributed by atoms with Gasteiger partial charge in [0.1, 0.15) is 11.4 Å². The fourth-order valence-electron chi connectivity index (χ4n) is 3.54. The summed E-state index contributed by atoms with van der Waals surface area (Å²) in [6, 6.07) is 13.8. The monoisotopic (exact) mass is 461 g/mol. The van der Waals surface area contributed by atoms with Gasteiger partial charge < -0.3 is 15.0 Å². The molecule has 0 aliphatic heterocycles. The number of amides is 2. The summed E-state index contributed by atoms with van der Waals surface area (Å²) < 4.78 is 19.8. The summed E-state index contributed by atoms with van der Waals surface area (Å²) in [5.74, 6) is -0.0911. The number of pyridine rings is 1. The largest absolute Gasteiger partial charge is 0.477 e. The molecule has 0 bridgehead atoms. The van der Waals surface area contributed by atoms with Crippen molar-refractivity contribution in [2.75, 3.05) is 20.7 Å². The number of nitrogens with zero attached hydrogens (tertiary/aromatic N) is 2. The van der Waals surface area contributed by atoms with Crippen LogP contribution >= 0.6 is 0 Å². The molecule has 0 radical (unpaired) electrons. The van der Waals surface area contributed by atoms with Crippen LogP contribution in [-0.4, -0.2) is 42.4 Å². The van der Waals surface area contributed by atoms with Crippen molar-refractivity contribution in [1.29, 1.82) is 0 Å². The lowest BCUT2D eigenvalue weighted by molar-refractivity contribution is 0.0828. The summed E-state index contributed by atoms with van der Waals surface area (Å²) in [5.41, 5.74) is 3.31. The van der Waals surface area contributed by atoms with Gasteiger partial charge >= 0.3 is 0 Å². The third kappa shape index (κ3) is 5.42. The zero-order valence-electron chi connectivity index (χ0n) is 19.6. The van der Waals surface area contributed by atoms with Gasteiger partial charge in [-0.3, -0.25) is 9.59 Å². The van der Waals surface area contributed by atoms with Gasteiger partial charge in [-0.1, -0.05) is 30.3 Å². The van der Waals surface area contributed by atoms with Crippen molar-refractivity contribution in [2.45, 2.75) is 26.3 Å². The molecular weight excluding hydrogens is 433 g/mol. The molecule has 176 valence electrons. The topological polar surface area (TPSA) is 71.5 Å². The maximum atomic E-state index is 13.9. The van der Waals surface area contributed by atoms with Crippen LogP contribution in [0, 0.1) is 18.7 Å². The lowest BCUT2D eigenvalue weighted by Crippen LogP contribution is -2.24. The standard InChI is InChI=1S/C27H28FN3O3/c1-17-8-9-19(12-24(17)28)14-29-25(32)23-13-20(15-30-26(23)34-16-18-10-11-18)21-6-4-5-7-22(21)27(33)31(2)3/h4-9,12-13,15,18H,10-11,14,16H2,1-3H3,(H,29,32). The summed E-state index contributed by atoms with van der Waals surface area (Å²) in [6.07, 6.45) is 3.84. The average Bonchev–Trinajstić information content (AvgIpc) is 3.67. The molecule has 0 spiro atoms. The van der Waals surface area contributed by atoms with Crippen molar-refractivity contribution >= 4 is 11.8 Å². The Hall–Kier alpha value is -3.74. The van der Waals surface area contributed by atoms with E-state index in [0.717, 1.165) is 12.8 Å². The molecule has 1 saturated carbocycles. The smallest absolute Gasteiger partial charge is 0.257 e. The molecule has 34 heavy (non-hydrogen) atoms. The van der Waals surface area contributed by atoms with Crippen molar-refractivity contribution < 1.29 is 18.7 Å². The Morgan fingerprint density at radius 2 is 1.88 bits per heavy atom. The molecule has 1 N–H and O–H groups in total. The number of aryl methyl sites for hydroxylation is 1. The molecular formula is C27H28FN3O3. The van der Waals surface area contributed by atoms with E-state index in [1.54, 1.807) is 57.5 Å². The number of halogens is 1. The van der Waals surface area contributed by atoms with Crippen molar-refractivity contribution in [3.8, 4) is 17.0 Å². The predicted molar refractivity (Wildman–Crippen MR) is 128 cm³/mol. The first kappa shape index (κ1) is 23.4.